The van der Waals surface area contributed by atoms with Gasteiger partial charge in [-0.05, 0) is 72.8 Å². The van der Waals surface area contributed by atoms with Crippen LogP contribution in [-0.2, 0) is 0 Å². The van der Waals surface area contributed by atoms with Gasteiger partial charge in [-0.1, -0.05) is 11.6 Å². The molecule has 31 heavy (non-hydrogen) atoms. The highest BCUT2D eigenvalue weighted by Gasteiger charge is 2.31. The minimum atomic E-state index is -0.181. The van der Waals surface area contributed by atoms with Crippen LogP contribution in [0.3, 0.4) is 0 Å². The molecule has 0 radical (unpaired) electrons. The Kier molecular flexibility index (Phi) is 6.33. The van der Waals surface area contributed by atoms with Crippen molar-refractivity contribution in [2.75, 3.05) is 43.8 Å². The summed E-state index contributed by atoms with van der Waals surface area (Å²) in [6.45, 7) is 1.96. The average Bonchev–Trinajstić information content (AvgIpc) is 2.84. The van der Waals surface area contributed by atoms with E-state index in [9.17, 15) is 4.79 Å². The Balaban J connectivity index is 1.63. The van der Waals surface area contributed by atoms with Crippen LogP contribution in [0.25, 0.3) is 0 Å². The molecule has 5 nitrogen and oxygen atoms in total. The van der Waals surface area contributed by atoms with Gasteiger partial charge in [0.2, 0.25) is 0 Å². The first-order valence-corrected chi connectivity index (χ1v) is 10.5. The van der Waals surface area contributed by atoms with Crippen molar-refractivity contribution >= 4 is 28.8 Å². The number of hydrogen-bond acceptors (Lipinski definition) is 5. The molecular formula is C25H25ClN2O3. The van der Waals surface area contributed by atoms with Crippen molar-refractivity contribution < 1.29 is 14.3 Å². The number of anilines is 2. The molecule has 6 heteroatoms. The second kappa shape index (κ2) is 9.31. The molecule has 0 bridgehead atoms. The summed E-state index contributed by atoms with van der Waals surface area (Å²) in [6.07, 6.45) is 0. The second-order valence-electron chi connectivity index (χ2n) is 7.55. The number of halogens is 1. The first kappa shape index (κ1) is 21.1. The van der Waals surface area contributed by atoms with Gasteiger partial charge in [-0.15, -0.1) is 0 Å². The fraction of sp³-hybridized carbons (Fsp3) is 0.240. The minimum Gasteiger partial charge on any atom is -0.497 e. The van der Waals surface area contributed by atoms with Crippen LogP contribution in [0.4, 0.5) is 11.4 Å². The third-order valence-electron chi connectivity index (χ3n) is 5.60. The van der Waals surface area contributed by atoms with E-state index in [4.69, 9.17) is 21.1 Å². The van der Waals surface area contributed by atoms with E-state index in [2.05, 4.69) is 9.80 Å². The molecule has 0 N–H and O–H groups in total. The normalized spacial score (nSPS) is 14.4. The Labute approximate surface area is 187 Å². The summed E-state index contributed by atoms with van der Waals surface area (Å²) in [5, 5.41) is 0.625. The molecule has 0 aromatic heterocycles. The second-order valence-corrected chi connectivity index (χ2v) is 7.99. The highest BCUT2D eigenvalue weighted by molar-refractivity contribution is 6.30. The van der Waals surface area contributed by atoms with Crippen LogP contribution >= 0.6 is 11.6 Å². The van der Waals surface area contributed by atoms with Crippen LogP contribution in [0.5, 0.6) is 11.5 Å². The predicted octanol–water partition coefficient (Wildman–Crippen LogP) is 5.14. The molecule has 0 amide bonds. The monoisotopic (exact) mass is 436 g/mol. The third-order valence-corrected chi connectivity index (χ3v) is 5.85. The number of hydrogen-bond donors (Lipinski definition) is 0. The number of benzene rings is 3. The van der Waals surface area contributed by atoms with Crippen molar-refractivity contribution in [2.45, 2.75) is 0 Å². The number of rotatable bonds is 6. The summed E-state index contributed by atoms with van der Waals surface area (Å²) in [5.74, 6) is 1.55. The van der Waals surface area contributed by atoms with Crippen LogP contribution in [0.2, 0.25) is 5.02 Å². The maximum absolute atomic E-state index is 13.3. The van der Waals surface area contributed by atoms with Crippen LogP contribution in [0.1, 0.15) is 10.4 Å². The molecule has 4 rings (SSSR count). The van der Waals surface area contributed by atoms with Gasteiger partial charge in [0, 0.05) is 35.1 Å². The summed E-state index contributed by atoms with van der Waals surface area (Å²) >= 11 is 6.01. The van der Waals surface area contributed by atoms with Gasteiger partial charge in [-0.3, -0.25) is 4.79 Å². The number of methoxy groups -OCH3 is 2. The Morgan fingerprint density at radius 2 is 1.23 bits per heavy atom. The fourth-order valence-corrected chi connectivity index (χ4v) is 4.01. The zero-order chi connectivity index (χ0) is 21.8. The number of ketones is 1. The maximum atomic E-state index is 13.3. The van der Waals surface area contributed by atoms with Crippen LogP contribution < -0.4 is 19.3 Å². The quantitative estimate of drug-likeness (QED) is 0.500. The van der Waals surface area contributed by atoms with E-state index in [1.54, 1.807) is 38.5 Å². The van der Waals surface area contributed by atoms with Crippen LogP contribution in [-0.4, -0.2) is 39.8 Å². The molecule has 1 aliphatic rings. The van der Waals surface area contributed by atoms with Gasteiger partial charge in [0.15, 0.2) is 5.78 Å². The van der Waals surface area contributed by atoms with E-state index in [0.717, 1.165) is 22.9 Å². The molecule has 0 atom stereocenters. The molecule has 3 aromatic carbocycles. The highest BCUT2D eigenvalue weighted by Crippen LogP contribution is 2.29. The summed E-state index contributed by atoms with van der Waals surface area (Å²) in [6, 6.07) is 23.0. The standard InChI is InChI=1S/C25H25ClN2O3/c1-30-23-11-7-21(8-12-23)27-15-19(25(29)18-3-5-20(26)6-4-18)16-28(17-27)22-9-13-24(31-2)14-10-22/h3-14,19H,15-17H2,1-2H3. The first-order valence-electron chi connectivity index (χ1n) is 10.1. The lowest BCUT2D eigenvalue weighted by Gasteiger charge is -2.42. The molecule has 0 spiro atoms. The Bertz CT molecular complexity index is 965. The fourth-order valence-electron chi connectivity index (χ4n) is 3.89. The van der Waals surface area contributed by atoms with Gasteiger partial charge in [0.1, 0.15) is 11.5 Å². The molecule has 1 aliphatic heterocycles. The van der Waals surface area contributed by atoms with Crippen molar-refractivity contribution in [1.29, 1.82) is 0 Å². The van der Waals surface area contributed by atoms with Crippen molar-refractivity contribution in [3.63, 3.8) is 0 Å². The van der Waals surface area contributed by atoms with Crippen molar-refractivity contribution in [1.82, 2.24) is 0 Å². The Hall–Kier alpha value is -3.18. The summed E-state index contributed by atoms with van der Waals surface area (Å²) in [5.41, 5.74) is 2.78. The number of Topliss-reactive ketones (excluding diaryl/α,β-unsaturated/α-hetero) is 1. The summed E-state index contributed by atoms with van der Waals surface area (Å²) in [4.78, 5) is 17.8. The van der Waals surface area contributed by atoms with Crippen LogP contribution in [0, 0.1) is 5.92 Å². The van der Waals surface area contributed by atoms with Gasteiger partial charge < -0.3 is 19.3 Å². The summed E-state index contributed by atoms with van der Waals surface area (Å²) < 4.78 is 10.6. The van der Waals surface area contributed by atoms with Gasteiger partial charge in [-0.2, -0.15) is 0 Å². The number of carbonyl (C=O) groups is 1. The van der Waals surface area contributed by atoms with Gasteiger partial charge in [0.05, 0.1) is 26.8 Å². The van der Waals surface area contributed by atoms with Gasteiger partial charge >= 0.3 is 0 Å². The maximum Gasteiger partial charge on any atom is 0.169 e. The minimum absolute atomic E-state index is 0.119. The number of ether oxygens (including phenoxy) is 2. The molecule has 3 aromatic rings. The average molecular weight is 437 g/mol. The number of carbonyl (C=O) groups excluding carboxylic acids is 1. The molecule has 0 unspecified atom stereocenters. The third kappa shape index (κ3) is 4.78. The Morgan fingerprint density at radius 3 is 1.65 bits per heavy atom. The predicted molar refractivity (Wildman–Crippen MR) is 125 cm³/mol. The topological polar surface area (TPSA) is 42.0 Å². The molecular weight excluding hydrogens is 412 g/mol. The van der Waals surface area contributed by atoms with E-state index in [-0.39, 0.29) is 11.7 Å². The van der Waals surface area contributed by atoms with Gasteiger partial charge in [0.25, 0.3) is 0 Å². The van der Waals surface area contributed by atoms with Gasteiger partial charge in [-0.25, -0.2) is 0 Å². The zero-order valence-electron chi connectivity index (χ0n) is 17.6. The van der Waals surface area contributed by atoms with Crippen molar-refractivity contribution in [3.8, 4) is 11.5 Å². The first-order chi connectivity index (χ1) is 15.1. The van der Waals surface area contributed by atoms with Crippen molar-refractivity contribution in [3.05, 3.63) is 83.4 Å². The smallest absolute Gasteiger partial charge is 0.169 e. The van der Waals surface area contributed by atoms with E-state index in [1.165, 1.54) is 0 Å². The largest absolute Gasteiger partial charge is 0.497 e. The molecule has 0 aliphatic carbocycles. The molecule has 1 fully saturated rings. The molecule has 1 saturated heterocycles. The summed E-state index contributed by atoms with van der Waals surface area (Å²) in [7, 11) is 3.31. The van der Waals surface area contributed by atoms with E-state index in [1.807, 2.05) is 48.5 Å². The van der Waals surface area contributed by atoms with Crippen molar-refractivity contribution in [2.24, 2.45) is 5.92 Å². The lowest BCUT2D eigenvalue weighted by Crippen LogP contribution is -2.52. The highest BCUT2D eigenvalue weighted by atomic mass is 35.5. The lowest BCUT2D eigenvalue weighted by molar-refractivity contribution is 0.0919. The molecule has 0 saturated carbocycles. The van der Waals surface area contributed by atoms with E-state index >= 15 is 0 Å². The van der Waals surface area contributed by atoms with Crippen LogP contribution in [0.15, 0.2) is 72.8 Å². The SMILES string of the molecule is COc1ccc(N2CC(C(=O)c3ccc(Cl)cc3)CN(c3ccc(OC)cc3)C2)cc1. The van der Waals surface area contributed by atoms with E-state index < -0.39 is 0 Å². The van der Waals surface area contributed by atoms with E-state index in [0.29, 0.717) is 30.3 Å². The Morgan fingerprint density at radius 1 is 0.774 bits per heavy atom. The molecule has 1 heterocycles. The zero-order valence-corrected chi connectivity index (χ0v) is 18.4. The number of nitrogens with zero attached hydrogens (tertiary/aromatic N) is 2. The molecule has 160 valence electrons. The lowest BCUT2D eigenvalue weighted by atomic mass is 9.94.